The van der Waals surface area contributed by atoms with E-state index < -0.39 is 0 Å². The zero-order valence-corrected chi connectivity index (χ0v) is 13.7. The van der Waals surface area contributed by atoms with Crippen LogP contribution in [0.3, 0.4) is 0 Å². The van der Waals surface area contributed by atoms with Crippen LogP contribution >= 0.6 is 31.9 Å². The summed E-state index contributed by atoms with van der Waals surface area (Å²) in [5, 5.41) is 3.42. The standard InChI is InChI=1S/C15H16Br2N2/c16-13-9-14(17)15(19-10-13)11-18-8-4-7-12-5-2-1-3-6-12/h1-3,5-6,9-10,18H,4,7-8,11H2. The molecule has 2 nitrogen and oxygen atoms in total. The molecule has 19 heavy (non-hydrogen) atoms. The molecule has 0 spiro atoms. The van der Waals surface area contributed by atoms with E-state index in [9.17, 15) is 0 Å². The number of rotatable bonds is 6. The first-order chi connectivity index (χ1) is 9.25. The summed E-state index contributed by atoms with van der Waals surface area (Å²) in [6.07, 6.45) is 4.08. The van der Waals surface area contributed by atoms with E-state index in [1.54, 1.807) is 0 Å². The van der Waals surface area contributed by atoms with Crippen molar-refractivity contribution in [2.45, 2.75) is 19.4 Å². The van der Waals surface area contributed by atoms with Crippen LogP contribution in [0.2, 0.25) is 0 Å². The lowest BCUT2D eigenvalue weighted by Crippen LogP contribution is -2.16. The van der Waals surface area contributed by atoms with Gasteiger partial charge in [0.15, 0.2) is 0 Å². The second-order valence-corrected chi connectivity index (χ2v) is 6.12. The Balaban J connectivity index is 1.69. The summed E-state index contributed by atoms with van der Waals surface area (Å²) in [7, 11) is 0. The van der Waals surface area contributed by atoms with Gasteiger partial charge in [-0.2, -0.15) is 0 Å². The lowest BCUT2D eigenvalue weighted by Gasteiger charge is -2.06. The largest absolute Gasteiger partial charge is 0.311 e. The predicted molar refractivity (Wildman–Crippen MR) is 86.1 cm³/mol. The van der Waals surface area contributed by atoms with E-state index in [4.69, 9.17) is 0 Å². The van der Waals surface area contributed by atoms with Crippen molar-refractivity contribution in [2.24, 2.45) is 0 Å². The first-order valence-electron chi connectivity index (χ1n) is 6.30. The highest BCUT2D eigenvalue weighted by molar-refractivity contribution is 9.11. The molecule has 1 aromatic heterocycles. The average Bonchev–Trinajstić information content (AvgIpc) is 2.42. The van der Waals surface area contributed by atoms with Crippen molar-refractivity contribution in [3.8, 4) is 0 Å². The van der Waals surface area contributed by atoms with Gasteiger partial charge in [-0.25, -0.2) is 0 Å². The van der Waals surface area contributed by atoms with Gasteiger partial charge in [0.05, 0.1) is 5.69 Å². The molecular weight excluding hydrogens is 368 g/mol. The van der Waals surface area contributed by atoms with Crippen LogP contribution in [0, 0.1) is 0 Å². The maximum atomic E-state index is 4.38. The normalized spacial score (nSPS) is 10.6. The molecule has 2 rings (SSSR count). The fraction of sp³-hybridized carbons (Fsp3) is 0.267. The SMILES string of the molecule is Brc1cnc(CNCCCc2ccccc2)c(Br)c1. The van der Waals surface area contributed by atoms with Gasteiger partial charge in [0.1, 0.15) is 0 Å². The van der Waals surface area contributed by atoms with Crippen molar-refractivity contribution >= 4 is 31.9 Å². The van der Waals surface area contributed by atoms with Gasteiger partial charge in [0, 0.05) is 21.7 Å². The van der Waals surface area contributed by atoms with Gasteiger partial charge in [-0.1, -0.05) is 30.3 Å². The minimum atomic E-state index is 0.794. The molecule has 0 saturated heterocycles. The third-order valence-electron chi connectivity index (χ3n) is 2.84. The van der Waals surface area contributed by atoms with Crippen LogP contribution in [0.15, 0.2) is 51.5 Å². The summed E-state index contributed by atoms with van der Waals surface area (Å²) < 4.78 is 2.03. The monoisotopic (exact) mass is 382 g/mol. The van der Waals surface area contributed by atoms with Crippen molar-refractivity contribution in [3.63, 3.8) is 0 Å². The maximum absolute atomic E-state index is 4.38. The number of nitrogens with zero attached hydrogens (tertiary/aromatic N) is 1. The average molecular weight is 384 g/mol. The molecule has 0 atom stereocenters. The Morgan fingerprint density at radius 1 is 1.11 bits per heavy atom. The number of halogens is 2. The molecule has 0 aliphatic carbocycles. The Labute approximate surface area is 130 Å². The van der Waals surface area contributed by atoms with Gasteiger partial charge in [0.25, 0.3) is 0 Å². The van der Waals surface area contributed by atoms with E-state index in [0.717, 1.165) is 40.6 Å². The Kier molecular flexibility index (Phi) is 6.01. The smallest absolute Gasteiger partial charge is 0.0684 e. The summed E-state index contributed by atoms with van der Waals surface area (Å²) in [5.41, 5.74) is 2.44. The lowest BCUT2D eigenvalue weighted by molar-refractivity contribution is 0.639. The molecule has 0 amide bonds. The predicted octanol–water partition coefficient (Wildman–Crippen LogP) is 4.33. The maximum Gasteiger partial charge on any atom is 0.0684 e. The number of aryl methyl sites for hydroxylation is 1. The summed E-state index contributed by atoms with van der Waals surface area (Å²) in [6.45, 7) is 1.79. The summed E-state index contributed by atoms with van der Waals surface area (Å²) in [6, 6.07) is 12.6. The topological polar surface area (TPSA) is 24.9 Å². The van der Waals surface area contributed by atoms with E-state index in [1.165, 1.54) is 5.56 Å². The fourth-order valence-corrected chi connectivity index (χ4v) is 2.97. The Bertz CT molecular complexity index is 515. The van der Waals surface area contributed by atoms with Crippen LogP contribution in [0.4, 0.5) is 0 Å². The van der Waals surface area contributed by atoms with E-state index in [0.29, 0.717) is 0 Å². The molecule has 2 aromatic rings. The van der Waals surface area contributed by atoms with Crippen LogP contribution < -0.4 is 5.32 Å². The molecule has 0 unspecified atom stereocenters. The molecule has 0 bridgehead atoms. The number of pyridine rings is 1. The Hall–Kier alpha value is -0.710. The molecule has 1 heterocycles. The molecule has 1 N–H and O–H groups in total. The highest BCUT2D eigenvalue weighted by Gasteiger charge is 2.01. The molecule has 0 aliphatic rings. The van der Waals surface area contributed by atoms with Crippen LogP contribution in [-0.4, -0.2) is 11.5 Å². The van der Waals surface area contributed by atoms with Crippen LogP contribution in [0.5, 0.6) is 0 Å². The highest BCUT2D eigenvalue weighted by atomic mass is 79.9. The molecule has 4 heteroatoms. The zero-order chi connectivity index (χ0) is 13.5. The van der Waals surface area contributed by atoms with E-state index in [2.05, 4.69) is 72.5 Å². The van der Waals surface area contributed by atoms with Crippen LogP contribution in [0.1, 0.15) is 17.7 Å². The molecule has 100 valence electrons. The molecule has 0 aliphatic heterocycles. The molecule has 0 radical (unpaired) electrons. The third-order valence-corrected chi connectivity index (χ3v) is 3.96. The molecule has 0 fully saturated rings. The Morgan fingerprint density at radius 3 is 2.63 bits per heavy atom. The second-order valence-electron chi connectivity index (χ2n) is 4.35. The fourth-order valence-electron chi connectivity index (χ4n) is 1.84. The number of aromatic nitrogens is 1. The minimum Gasteiger partial charge on any atom is -0.311 e. The van der Waals surface area contributed by atoms with Crippen molar-refractivity contribution < 1.29 is 0 Å². The van der Waals surface area contributed by atoms with Gasteiger partial charge >= 0.3 is 0 Å². The summed E-state index contributed by atoms with van der Waals surface area (Å²) in [4.78, 5) is 4.38. The van der Waals surface area contributed by atoms with Gasteiger partial charge in [-0.05, 0) is 62.9 Å². The second kappa shape index (κ2) is 7.78. The molecule has 0 saturated carbocycles. The van der Waals surface area contributed by atoms with Crippen LogP contribution in [0.25, 0.3) is 0 Å². The van der Waals surface area contributed by atoms with E-state index >= 15 is 0 Å². The van der Waals surface area contributed by atoms with Crippen molar-refractivity contribution in [3.05, 3.63) is 62.8 Å². The van der Waals surface area contributed by atoms with Crippen molar-refractivity contribution in [1.82, 2.24) is 10.3 Å². The lowest BCUT2D eigenvalue weighted by atomic mass is 10.1. The number of hydrogen-bond donors (Lipinski definition) is 1. The van der Waals surface area contributed by atoms with Crippen molar-refractivity contribution in [1.29, 1.82) is 0 Å². The minimum absolute atomic E-state index is 0.794. The van der Waals surface area contributed by atoms with Gasteiger partial charge in [-0.3, -0.25) is 4.98 Å². The molecular formula is C15H16Br2N2. The summed E-state index contributed by atoms with van der Waals surface area (Å²) >= 11 is 6.92. The van der Waals surface area contributed by atoms with Gasteiger partial charge in [-0.15, -0.1) is 0 Å². The first kappa shape index (κ1) is 14.7. The van der Waals surface area contributed by atoms with Gasteiger partial charge in [0.2, 0.25) is 0 Å². The van der Waals surface area contributed by atoms with Crippen LogP contribution in [-0.2, 0) is 13.0 Å². The Morgan fingerprint density at radius 2 is 1.89 bits per heavy atom. The first-order valence-corrected chi connectivity index (χ1v) is 7.89. The number of benzene rings is 1. The highest BCUT2D eigenvalue weighted by Crippen LogP contribution is 2.19. The van der Waals surface area contributed by atoms with E-state index in [1.807, 2.05) is 12.3 Å². The quantitative estimate of drug-likeness (QED) is 0.751. The van der Waals surface area contributed by atoms with Gasteiger partial charge < -0.3 is 5.32 Å². The number of hydrogen-bond acceptors (Lipinski definition) is 2. The molecule has 1 aromatic carbocycles. The number of nitrogens with one attached hydrogen (secondary N) is 1. The zero-order valence-electron chi connectivity index (χ0n) is 10.6. The third kappa shape index (κ3) is 5.05. The summed E-state index contributed by atoms with van der Waals surface area (Å²) in [5.74, 6) is 0. The van der Waals surface area contributed by atoms with Crippen molar-refractivity contribution in [2.75, 3.05) is 6.54 Å². The van der Waals surface area contributed by atoms with E-state index in [-0.39, 0.29) is 0 Å².